The molecule has 0 bridgehead atoms. The minimum atomic E-state index is -0.388. The van der Waals surface area contributed by atoms with Gasteiger partial charge in [-0.25, -0.2) is 9.37 Å². The second kappa shape index (κ2) is 3.61. The first-order chi connectivity index (χ1) is 6.78. The maximum Gasteiger partial charge on any atom is 0.213 e. The van der Waals surface area contributed by atoms with Crippen molar-refractivity contribution in [1.82, 2.24) is 9.88 Å². The molecular formula is C9H9FN2O2. The molecule has 1 aliphatic heterocycles. The summed E-state index contributed by atoms with van der Waals surface area (Å²) in [5.74, 6) is 0.00225. The van der Waals surface area contributed by atoms with Crippen molar-refractivity contribution in [2.45, 2.75) is 6.10 Å². The minimum Gasteiger partial charge on any atom is -0.471 e. The second-order valence-electron chi connectivity index (χ2n) is 3.11. The number of hydrogen-bond donors (Lipinski definition) is 0. The van der Waals surface area contributed by atoms with Gasteiger partial charge in [0.1, 0.15) is 11.9 Å². The van der Waals surface area contributed by atoms with Gasteiger partial charge in [0.2, 0.25) is 12.3 Å². The maximum absolute atomic E-state index is 12.5. The normalized spacial score (nSPS) is 16.2. The molecule has 74 valence electrons. The number of amides is 1. The fourth-order valence-electron chi connectivity index (χ4n) is 1.23. The van der Waals surface area contributed by atoms with E-state index in [1.54, 1.807) is 4.90 Å². The molecule has 0 unspecified atom stereocenters. The average Bonchev–Trinajstić information content (AvgIpc) is 2.13. The summed E-state index contributed by atoms with van der Waals surface area (Å²) < 4.78 is 17.8. The summed E-state index contributed by atoms with van der Waals surface area (Å²) >= 11 is 0. The Kier molecular flexibility index (Phi) is 2.30. The molecule has 1 aromatic heterocycles. The molecule has 5 heteroatoms. The van der Waals surface area contributed by atoms with E-state index >= 15 is 0 Å². The number of pyridine rings is 1. The first-order valence-electron chi connectivity index (χ1n) is 4.25. The standard InChI is InChI=1S/C9H9FN2O2/c10-7-1-2-9(11-3-7)14-8-4-12(5-8)6-13/h1-3,6,8H,4-5H2. The lowest BCUT2D eigenvalue weighted by atomic mass is 10.2. The highest BCUT2D eigenvalue weighted by atomic mass is 19.1. The van der Waals surface area contributed by atoms with Crippen molar-refractivity contribution in [3.8, 4) is 5.88 Å². The third-order valence-electron chi connectivity index (χ3n) is 2.01. The molecule has 1 fully saturated rings. The molecule has 0 saturated carbocycles. The highest BCUT2D eigenvalue weighted by Crippen LogP contribution is 2.14. The fourth-order valence-corrected chi connectivity index (χ4v) is 1.23. The predicted octanol–water partition coefficient (Wildman–Crippen LogP) is 0.440. The number of carbonyl (C=O) groups excluding carboxylic acids is 1. The molecule has 0 spiro atoms. The third-order valence-corrected chi connectivity index (χ3v) is 2.01. The number of halogens is 1. The molecular weight excluding hydrogens is 187 g/mol. The van der Waals surface area contributed by atoms with Crippen LogP contribution in [0.1, 0.15) is 0 Å². The van der Waals surface area contributed by atoms with Crippen LogP contribution in [0.2, 0.25) is 0 Å². The van der Waals surface area contributed by atoms with E-state index in [0.717, 1.165) is 12.6 Å². The van der Waals surface area contributed by atoms with Gasteiger partial charge in [0, 0.05) is 6.07 Å². The Balaban J connectivity index is 1.87. The van der Waals surface area contributed by atoms with E-state index in [1.165, 1.54) is 12.1 Å². The first kappa shape index (κ1) is 8.93. The molecule has 0 atom stereocenters. The van der Waals surface area contributed by atoms with E-state index in [9.17, 15) is 9.18 Å². The van der Waals surface area contributed by atoms with Crippen molar-refractivity contribution < 1.29 is 13.9 Å². The number of carbonyl (C=O) groups is 1. The van der Waals surface area contributed by atoms with Gasteiger partial charge in [-0.3, -0.25) is 4.79 Å². The summed E-state index contributed by atoms with van der Waals surface area (Å²) in [4.78, 5) is 15.6. The maximum atomic E-state index is 12.5. The van der Waals surface area contributed by atoms with Gasteiger partial charge in [0.05, 0.1) is 19.3 Å². The fraction of sp³-hybridized carbons (Fsp3) is 0.333. The van der Waals surface area contributed by atoms with E-state index in [1.807, 2.05) is 0 Å². The Bertz CT molecular complexity index is 322. The van der Waals surface area contributed by atoms with E-state index in [4.69, 9.17) is 4.74 Å². The quantitative estimate of drug-likeness (QED) is 0.659. The summed E-state index contributed by atoms with van der Waals surface area (Å²) in [5.41, 5.74) is 0. The smallest absolute Gasteiger partial charge is 0.213 e. The van der Waals surface area contributed by atoms with Crippen LogP contribution in [0.3, 0.4) is 0 Å². The molecule has 0 radical (unpaired) electrons. The third kappa shape index (κ3) is 1.81. The van der Waals surface area contributed by atoms with Crippen molar-refractivity contribution in [1.29, 1.82) is 0 Å². The van der Waals surface area contributed by atoms with Gasteiger partial charge in [-0.15, -0.1) is 0 Å². The zero-order valence-corrected chi connectivity index (χ0v) is 7.39. The van der Waals surface area contributed by atoms with Crippen LogP contribution in [-0.4, -0.2) is 35.5 Å². The van der Waals surface area contributed by atoms with Crippen LogP contribution in [0.25, 0.3) is 0 Å². The second-order valence-corrected chi connectivity index (χ2v) is 3.11. The van der Waals surface area contributed by atoms with Gasteiger partial charge >= 0.3 is 0 Å². The average molecular weight is 196 g/mol. The summed E-state index contributed by atoms with van der Waals surface area (Å²) in [5, 5.41) is 0. The molecule has 0 N–H and O–H groups in total. The topological polar surface area (TPSA) is 42.4 Å². The Morgan fingerprint density at radius 1 is 1.57 bits per heavy atom. The lowest BCUT2D eigenvalue weighted by molar-refractivity contribution is -0.126. The SMILES string of the molecule is O=CN1CC(Oc2ccc(F)cn2)C1. The molecule has 1 aliphatic rings. The van der Waals surface area contributed by atoms with Crippen molar-refractivity contribution in [3.05, 3.63) is 24.1 Å². The number of nitrogens with zero attached hydrogens (tertiary/aromatic N) is 2. The molecule has 4 nitrogen and oxygen atoms in total. The van der Waals surface area contributed by atoms with Crippen LogP contribution in [-0.2, 0) is 4.79 Å². The molecule has 2 heterocycles. The van der Waals surface area contributed by atoms with Gasteiger partial charge in [-0.05, 0) is 6.07 Å². The van der Waals surface area contributed by atoms with E-state index in [-0.39, 0.29) is 11.9 Å². The minimum absolute atomic E-state index is 0.0156. The first-order valence-corrected chi connectivity index (χ1v) is 4.25. The predicted molar refractivity (Wildman–Crippen MR) is 46.2 cm³/mol. The van der Waals surface area contributed by atoms with Crippen molar-refractivity contribution in [2.75, 3.05) is 13.1 Å². The van der Waals surface area contributed by atoms with Gasteiger partial charge in [0.15, 0.2) is 0 Å². The molecule has 0 aliphatic carbocycles. The number of ether oxygens (including phenoxy) is 1. The zero-order chi connectivity index (χ0) is 9.97. The number of hydrogen-bond acceptors (Lipinski definition) is 3. The number of likely N-dealkylation sites (tertiary alicyclic amines) is 1. The highest BCUT2D eigenvalue weighted by Gasteiger charge is 2.27. The van der Waals surface area contributed by atoms with Gasteiger partial charge in [-0.2, -0.15) is 0 Å². The Morgan fingerprint density at radius 3 is 2.93 bits per heavy atom. The van der Waals surface area contributed by atoms with E-state index in [0.29, 0.717) is 19.0 Å². The van der Waals surface area contributed by atoms with Crippen LogP contribution in [0, 0.1) is 5.82 Å². The van der Waals surface area contributed by atoms with Crippen LogP contribution in [0.4, 0.5) is 4.39 Å². The van der Waals surface area contributed by atoms with E-state index < -0.39 is 0 Å². The molecule has 0 aromatic carbocycles. The number of rotatable bonds is 3. The van der Waals surface area contributed by atoms with E-state index in [2.05, 4.69) is 4.98 Å². The zero-order valence-electron chi connectivity index (χ0n) is 7.39. The lowest BCUT2D eigenvalue weighted by Gasteiger charge is -2.35. The Morgan fingerprint density at radius 2 is 2.36 bits per heavy atom. The molecule has 14 heavy (non-hydrogen) atoms. The van der Waals surface area contributed by atoms with Crippen molar-refractivity contribution >= 4 is 6.41 Å². The lowest BCUT2D eigenvalue weighted by Crippen LogP contribution is -2.52. The molecule has 2 rings (SSSR count). The monoisotopic (exact) mass is 196 g/mol. The van der Waals surface area contributed by atoms with Crippen LogP contribution >= 0.6 is 0 Å². The summed E-state index contributed by atoms with van der Waals surface area (Å²) in [6.45, 7) is 1.14. The number of aromatic nitrogens is 1. The Hall–Kier alpha value is -1.65. The largest absolute Gasteiger partial charge is 0.471 e. The van der Waals surface area contributed by atoms with Crippen LogP contribution in [0.15, 0.2) is 18.3 Å². The van der Waals surface area contributed by atoms with Crippen LogP contribution in [0.5, 0.6) is 5.88 Å². The van der Waals surface area contributed by atoms with Gasteiger partial charge in [0.25, 0.3) is 0 Å². The molecule has 1 amide bonds. The molecule has 1 aromatic rings. The summed E-state index contributed by atoms with van der Waals surface area (Å²) in [6.07, 6.45) is 1.86. The van der Waals surface area contributed by atoms with Crippen LogP contribution < -0.4 is 4.74 Å². The van der Waals surface area contributed by atoms with Gasteiger partial charge < -0.3 is 9.64 Å². The summed E-state index contributed by atoms with van der Waals surface area (Å²) in [7, 11) is 0. The van der Waals surface area contributed by atoms with Crippen molar-refractivity contribution in [3.63, 3.8) is 0 Å². The van der Waals surface area contributed by atoms with Gasteiger partial charge in [-0.1, -0.05) is 0 Å². The summed E-state index contributed by atoms with van der Waals surface area (Å²) in [6, 6.07) is 2.76. The highest BCUT2D eigenvalue weighted by molar-refractivity contribution is 5.48. The van der Waals surface area contributed by atoms with Crippen molar-refractivity contribution in [2.24, 2.45) is 0 Å². The molecule has 1 saturated heterocycles. The Labute approximate surface area is 80.3 Å².